The number of nitrogen functional groups attached to an aromatic ring is 1. The first-order valence-corrected chi connectivity index (χ1v) is 7.78. The van der Waals surface area contributed by atoms with Gasteiger partial charge in [0, 0.05) is 22.1 Å². The Balaban J connectivity index is 1.73. The van der Waals surface area contributed by atoms with E-state index in [-0.39, 0.29) is 0 Å². The van der Waals surface area contributed by atoms with Crippen molar-refractivity contribution >= 4 is 21.6 Å². The highest BCUT2D eigenvalue weighted by molar-refractivity contribution is 9.10. The summed E-state index contributed by atoms with van der Waals surface area (Å²) in [5, 5.41) is 0. The highest BCUT2D eigenvalue weighted by Crippen LogP contribution is 2.32. The Bertz CT molecular complexity index is 591. The number of benzene rings is 2. The number of ether oxygens (including phenoxy) is 1. The van der Waals surface area contributed by atoms with Crippen LogP contribution in [0.4, 0.5) is 5.69 Å². The quantitative estimate of drug-likeness (QED) is 0.838. The maximum absolute atomic E-state index is 5.95. The second-order valence-corrected chi connectivity index (χ2v) is 6.23. The van der Waals surface area contributed by atoms with Gasteiger partial charge in [0.25, 0.3) is 0 Å². The number of hydrogen-bond donors (Lipinski definition) is 1. The molecule has 1 aliphatic carbocycles. The predicted molar refractivity (Wildman–Crippen MR) is 86.2 cm³/mol. The number of nitrogens with two attached hydrogens (primary N) is 1. The summed E-state index contributed by atoms with van der Waals surface area (Å²) in [6, 6.07) is 14.4. The fraction of sp³-hybridized carbons (Fsp3) is 0.294. The monoisotopic (exact) mass is 331 g/mol. The summed E-state index contributed by atoms with van der Waals surface area (Å²) in [4.78, 5) is 0. The number of aryl methyl sites for hydroxylation is 1. The van der Waals surface area contributed by atoms with Gasteiger partial charge < -0.3 is 10.5 Å². The Morgan fingerprint density at radius 1 is 1.20 bits per heavy atom. The van der Waals surface area contributed by atoms with Crippen LogP contribution >= 0.6 is 15.9 Å². The molecule has 0 heterocycles. The largest absolute Gasteiger partial charge is 0.493 e. The molecule has 1 aliphatic rings. The first-order chi connectivity index (χ1) is 9.72. The predicted octanol–water partition coefficient (Wildman–Crippen LogP) is 4.53. The van der Waals surface area contributed by atoms with Crippen LogP contribution in [0, 0.1) is 0 Å². The number of hydrogen-bond acceptors (Lipinski definition) is 2. The highest BCUT2D eigenvalue weighted by atomic mass is 79.9. The normalized spacial score (nSPS) is 17.6. The van der Waals surface area contributed by atoms with Gasteiger partial charge in [0.1, 0.15) is 5.75 Å². The first kappa shape index (κ1) is 13.5. The van der Waals surface area contributed by atoms with E-state index in [1.807, 2.05) is 18.2 Å². The van der Waals surface area contributed by atoms with Crippen LogP contribution in [0.3, 0.4) is 0 Å². The zero-order chi connectivity index (χ0) is 13.9. The molecule has 2 aromatic carbocycles. The van der Waals surface area contributed by atoms with Crippen LogP contribution in [-0.2, 0) is 6.42 Å². The molecule has 0 radical (unpaired) electrons. The van der Waals surface area contributed by atoms with Gasteiger partial charge in [-0.05, 0) is 42.5 Å². The number of fused-ring (bicyclic) bond motifs is 1. The zero-order valence-electron chi connectivity index (χ0n) is 11.3. The molecular weight excluding hydrogens is 314 g/mol. The van der Waals surface area contributed by atoms with Crippen LogP contribution in [0.15, 0.2) is 46.9 Å². The van der Waals surface area contributed by atoms with E-state index in [1.54, 1.807) is 0 Å². The molecule has 0 spiro atoms. The SMILES string of the molecule is Nc1cc(Br)cc(OCC2CCCc3ccccc32)c1. The third-order valence-electron chi connectivity index (χ3n) is 3.84. The topological polar surface area (TPSA) is 35.2 Å². The molecule has 104 valence electrons. The Kier molecular flexibility index (Phi) is 3.97. The summed E-state index contributed by atoms with van der Waals surface area (Å²) < 4.78 is 6.91. The van der Waals surface area contributed by atoms with Gasteiger partial charge >= 0.3 is 0 Å². The van der Waals surface area contributed by atoms with Gasteiger partial charge in [-0.15, -0.1) is 0 Å². The van der Waals surface area contributed by atoms with Crippen molar-refractivity contribution in [3.05, 3.63) is 58.1 Å². The lowest BCUT2D eigenvalue weighted by Crippen LogP contribution is -2.16. The maximum Gasteiger partial charge on any atom is 0.122 e. The summed E-state index contributed by atoms with van der Waals surface area (Å²) in [6.07, 6.45) is 3.63. The van der Waals surface area contributed by atoms with Crippen LogP contribution in [0.1, 0.15) is 29.9 Å². The van der Waals surface area contributed by atoms with E-state index < -0.39 is 0 Å². The molecule has 1 unspecified atom stereocenters. The summed E-state index contributed by atoms with van der Waals surface area (Å²) >= 11 is 3.44. The van der Waals surface area contributed by atoms with Crippen LogP contribution in [-0.4, -0.2) is 6.61 Å². The van der Waals surface area contributed by atoms with E-state index in [1.165, 1.54) is 30.4 Å². The van der Waals surface area contributed by atoms with Crippen molar-refractivity contribution in [3.8, 4) is 5.75 Å². The smallest absolute Gasteiger partial charge is 0.122 e. The summed E-state index contributed by atoms with van der Waals surface area (Å²) in [6.45, 7) is 0.715. The van der Waals surface area contributed by atoms with Crippen LogP contribution in [0.5, 0.6) is 5.75 Å². The van der Waals surface area contributed by atoms with Gasteiger partial charge in [-0.25, -0.2) is 0 Å². The Morgan fingerprint density at radius 2 is 2.05 bits per heavy atom. The zero-order valence-corrected chi connectivity index (χ0v) is 12.9. The minimum Gasteiger partial charge on any atom is -0.493 e. The van der Waals surface area contributed by atoms with Crippen LogP contribution in [0.25, 0.3) is 0 Å². The van der Waals surface area contributed by atoms with Gasteiger partial charge in [0.05, 0.1) is 6.61 Å². The molecule has 0 bridgehead atoms. The molecule has 0 amide bonds. The number of halogens is 1. The minimum absolute atomic E-state index is 0.486. The first-order valence-electron chi connectivity index (χ1n) is 6.99. The van der Waals surface area contributed by atoms with Gasteiger partial charge in [-0.1, -0.05) is 40.2 Å². The Labute approximate surface area is 128 Å². The molecule has 0 aliphatic heterocycles. The summed E-state index contributed by atoms with van der Waals surface area (Å²) in [5.41, 5.74) is 9.47. The number of rotatable bonds is 3. The molecule has 0 saturated carbocycles. The lowest BCUT2D eigenvalue weighted by atomic mass is 9.83. The van der Waals surface area contributed by atoms with Crippen LogP contribution < -0.4 is 10.5 Å². The molecule has 3 heteroatoms. The van der Waals surface area contributed by atoms with E-state index in [2.05, 4.69) is 40.2 Å². The Hall–Kier alpha value is -1.48. The second-order valence-electron chi connectivity index (χ2n) is 5.32. The van der Waals surface area contributed by atoms with Crippen LogP contribution in [0.2, 0.25) is 0 Å². The molecule has 3 rings (SSSR count). The van der Waals surface area contributed by atoms with Crippen molar-refractivity contribution in [2.24, 2.45) is 0 Å². The van der Waals surface area contributed by atoms with E-state index >= 15 is 0 Å². The molecule has 0 aromatic heterocycles. The summed E-state index contributed by atoms with van der Waals surface area (Å²) in [7, 11) is 0. The third-order valence-corrected chi connectivity index (χ3v) is 4.30. The van der Waals surface area contributed by atoms with Gasteiger partial charge in [-0.2, -0.15) is 0 Å². The van der Waals surface area contributed by atoms with Crippen molar-refractivity contribution in [1.82, 2.24) is 0 Å². The van der Waals surface area contributed by atoms with E-state index in [9.17, 15) is 0 Å². The fourth-order valence-electron chi connectivity index (χ4n) is 2.89. The number of anilines is 1. The van der Waals surface area contributed by atoms with Gasteiger partial charge in [-0.3, -0.25) is 0 Å². The minimum atomic E-state index is 0.486. The standard InChI is InChI=1S/C17H18BrNO/c18-14-8-15(19)10-16(9-14)20-11-13-6-3-5-12-4-1-2-7-17(12)13/h1-2,4,7-10,13H,3,5-6,11,19H2. The lowest BCUT2D eigenvalue weighted by Gasteiger charge is -2.25. The van der Waals surface area contributed by atoms with E-state index in [0.717, 1.165) is 15.9 Å². The average Bonchev–Trinajstić information content (AvgIpc) is 2.44. The average molecular weight is 332 g/mol. The molecule has 0 fully saturated rings. The van der Waals surface area contributed by atoms with Crippen molar-refractivity contribution < 1.29 is 4.74 Å². The van der Waals surface area contributed by atoms with E-state index in [4.69, 9.17) is 10.5 Å². The molecule has 0 saturated heterocycles. The third kappa shape index (κ3) is 2.98. The molecule has 2 aromatic rings. The second kappa shape index (κ2) is 5.88. The van der Waals surface area contributed by atoms with Gasteiger partial charge in [0.2, 0.25) is 0 Å². The molecule has 2 nitrogen and oxygen atoms in total. The molecule has 1 atom stereocenters. The lowest BCUT2D eigenvalue weighted by molar-refractivity contribution is 0.274. The van der Waals surface area contributed by atoms with Crippen molar-refractivity contribution in [2.45, 2.75) is 25.2 Å². The van der Waals surface area contributed by atoms with Crippen molar-refractivity contribution in [1.29, 1.82) is 0 Å². The maximum atomic E-state index is 5.95. The van der Waals surface area contributed by atoms with Crippen molar-refractivity contribution in [3.63, 3.8) is 0 Å². The van der Waals surface area contributed by atoms with Gasteiger partial charge in [0.15, 0.2) is 0 Å². The summed E-state index contributed by atoms with van der Waals surface area (Å²) in [5.74, 6) is 1.32. The molecular formula is C17H18BrNO. The van der Waals surface area contributed by atoms with E-state index in [0.29, 0.717) is 12.5 Å². The van der Waals surface area contributed by atoms with Crippen molar-refractivity contribution in [2.75, 3.05) is 12.3 Å². The molecule has 20 heavy (non-hydrogen) atoms. The molecule has 2 N–H and O–H groups in total. The fourth-order valence-corrected chi connectivity index (χ4v) is 3.38. The highest BCUT2D eigenvalue weighted by Gasteiger charge is 2.20. The Morgan fingerprint density at radius 3 is 2.90 bits per heavy atom.